The summed E-state index contributed by atoms with van der Waals surface area (Å²) in [7, 11) is 0. The lowest BCUT2D eigenvalue weighted by molar-refractivity contribution is -0.136. The number of nitrogens with one attached hydrogen (secondary N) is 1. The van der Waals surface area contributed by atoms with Crippen LogP contribution < -0.4 is 5.32 Å². The first kappa shape index (κ1) is 20.0. The van der Waals surface area contributed by atoms with Gasteiger partial charge < -0.3 is 10.4 Å². The number of thioether (sulfide) groups is 1. The Bertz CT molecular complexity index is 912. The van der Waals surface area contributed by atoms with Crippen molar-refractivity contribution < 1.29 is 9.90 Å². The minimum Gasteiger partial charge on any atom is -0.481 e. The van der Waals surface area contributed by atoms with Gasteiger partial charge in [0.05, 0.1) is 5.69 Å². The number of aliphatic carboxylic acids is 1. The summed E-state index contributed by atoms with van der Waals surface area (Å²) < 4.78 is 0. The largest absolute Gasteiger partial charge is 0.481 e. The lowest BCUT2D eigenvalue weighted by Crippen LogP contribution is -2.03. The minimum atomic E-state index is -0.769. The van der Waals surface area contributed by atoms with Gasteiger partial charge in [0.15, 0.2) is 0 Å². The van der Waals surface area contributed by atoms with Gasteiger partial charge in [-0.2, -0.15) is 0 Å². The molecule has 28 heavy (non-hydrogen) atoms. The number of rotatable bonds is 9. The van der Waals surface area contributed by atoms with E-state index in [-0.39, 0.29) is 6.42 Å². The molecule has 3 rings (SSSR count). The van der Waals surface area contributed by atoms with E-state index in [1.54, 1.807) is 11.8 Å². The highest BCUT2D eigenvalue weighted by Crippen LogP contribution is 2.26. The van der Waals surface area contributed by atoms with Gasteiger partial charge in [-0.15, -0.1) is 11.8 Å². The summed E-state index contributed by atoms with van der Waals surface area (Å²) >= 11 is 1.75. The normalized spacial score (nSPS) is 10.6. The SMILES string of the molecule is CCSc1nc(-c2ccccc2)ccc1CNc1ccc(CCC(=O)O)cc1. The Morgan fingerprint density at radius 2 is 1.79 bits per heavy atom. The monoisotopic (exact) mass is 392 g/mol. The van der Waals surface area contributed by atoms with Gasteiger partial charge in [-0.25, -0.2) is 4.98 Å². The van der Waals surface area contributed by atoms with Crippen molar-refractivity contribution in [1.82, 2.24) is 4.98 Å². The fourth-order valence-corrected chi connectivity index (χ4v) is 3.63. The highest BCUT2D eigenvalue weighted by Gasteiger charge is 2.08. The van der Waals surface area contributed by atoms with Crippen molar-refractivity contribution in [2.24, 2.45) is 0 Å². The number of aryl methyl sites for hydroxylation is 1. The predicted molar refractivity (Wildman–Crippen MR) is 116 cm³/mol. The predicted octanol–water partition coefficient (Wildman–Crippen LogP) is 5.49. The lowest BCUT2D eigenvalue weighted by atomic mass is 10.1. The van der Waals surface area contributed by atoms with Crippen LogP contribution in [0.2, 0.25) is 0 Å². The number of carboxylic acids is 1. The molecule has 0 aliphatic heterocycles. The third-order valence-electron chi connectivity index (χ3n) is 4.35. The molecule has 0 atom stereocenters. The quantitative estimate of drug-likeness (QED) is 0.472. The maximum atomic E-state index is 10.7. The Hall–Kier alpha value is -2.79. The Kier molecular flexibility index (Phi) is 7.09. The highest BCUT2D eigenvalue weighted by atomic mass is 32.2. The summed E-state index contributed by atoms with van der Waals surface area (Å²) in [6.45, 7) is 2.83. The zero-order valence-corrected chi connectivity index (χ0v) is 16.7. The number of aromatic nitrogens is 1. The number of hydrogen-bond donors (Lipinski definition) is 2. The van der Waals surface area contributed by atoms with Gasteiger partial charge >= 0.3 is 5.97 Å². The van der Waals surface area contributed by atoms with Gasteiger partial charge in [0.2, 0.25) is 0 Å². The van der Waals surface area contributed by atoms with Gasteiger partial charge in [0.1, 0.15) is 5.03 Å². The molecule has 0 saturated carbocycles. The Balaban J connectivity index is 1.68. The van der Waals surface area contributed by atoms with Crippen molar-refractivity contribution in [3.8, 4) is 11.3 Å². The number of hydrogen-bond acceptors (Lipinski definition) is 4. The van der Waals surface area contributed by atoms with Crippen LogP contribution in [-0.2, 0) is 17.8 Å². The fourth-order valence-electron chi connectivity index (χ4n) is 2.87. The van der Waals surface area contributed by atoms with Crippen molar-refractivity contribution in [3.05, 3.63) is 77.9 Å². The molecule has 5 heteroatoms. The number of benzene rings is 2. The van der Waals surface area contributed by atoms with E-state index in [2.05, 4.69) is 36.5 Å². The average molecular weight is 393 g/mol. The third-order valence-corrected chi connectivity index (χ3v) is 5.27. The van der Waals surface area contributed by atoms with Crippen LogP contribution in [0.3, 0.4) is 0 Å². The molecule has 144 valence electrons. The van der Waals surface area contributed by atoms with Crippen molar-refractivity contribution in [1.29, 1.82) is 0 Å². The molecule has 0 aliphatic carbocycles. The standard InChI is InChI=1S/C23H24N2O2S/c1-2-28-23-19(11-14-21(25-23)18-6-4-3-5-7-18)16-24-20-12-8-17(9-13-20)10-15-22(26)27/h3-9,11-14,24H,2,10,15-16H2,1H3,(H,26,27). The summed E-state index contributed by atoms with van der Waals surface area (Å²) in [4.78, 5) is 15.5. The molecular formula is C23H24N2O2S. The molecule has 4 nitrogen and oxygen atoms in total. The van der Waals surface area contributed by atoms with Crippen LogP contribution in [0.15, 0.2) is 71.8 Å². The van der Waals surface area contributed by atoms with Crippen LogP contribution in [0.4, 0.5) is 5.69 Å². The molecule has 0 fully saturated rings. The van der Waals surface area contributed by atoms with E-state index >= 15 is 0 Å². The van der Waals surface area contributed by atoms with E-state index in [0.717, 1.165) is 33.3 Å². The molecule has 1 aromatic heterocycles. The van der Waals surface area contributed by atoms with Crippen LogP contribution >= 0.6 is 11.8 Å². The second kappa shape index (κ2) is 9.95. The van der Waals surface area contributed by atoms with Crippen LogP contribution in [0.25, 0.3) is 11.3 Å². The number of carbonyl (C=O) groups is 1. The van der Waals surface area contributed by atoms with Crippen molar-refractivity contribution in [2.45, 2.75) is 31.3 Å². The van der Waals surface area contributed by atoms with E-state index in [0.29, 0.717) is 13.0 Å². The molecule has 2 aromatic carbocycles. The first-order valence-corrected chi connectivity index (χ1v) is 10.4. The van der Waals surface area contributed by atoms with E-state index < -0.39 is 5.97 Å². The highest BCUT2D eigenvalue weighted by molar-refractivity contribution is 7.99. The van der Waals surface area contributed by atoms with Crippen LogP contribution in [0.1, 0.15) is 24.5 Å². The Morgan fingerprint density at radius 3 is 2.46 bits per heavy atom. The van der Waals surface area contributed by atoms with E-state index in [9.17, 15) is 4.79 Å². The van der Waals surface area contributed by atoms with Crippen molar-refractivity contribution in [3.63, 3.8) is 0 Å². The van der Waals surface area contributed by atoms with E-state index in [4.69, 9.17) is 10.1 Å². The molecule has 0 spiro atoms. The summed E-state index contributed by atoms with van der Waals surface area (Å²) in [6.07, 6.45) is 0.710. The second-order valence-corrected chi connectivity index (χ2v) is 7.66. The zero-order valence-electron chi connectivity index (χ0n) is 15.9. The molecule has 0 amide bonds. The molecule has 0 bridgehead atoms. The van der Waals surface area contributed by atoms with Crippen LogP contribution in [0.5, 0.6) is 0 Å². The lowest BCUT2D eigenvalue weighted by Gasteiger charge is -2.12. The molecule has 3 aromatic rings. The average Bonchev–Trinajstić information content (AvgIpc) is 2.73. The minimum absolute atomic E-state index is 0.157. The van der Waals surface area contributed by atoms with Gasteiger partial charge in [-0.05, 0) is 35.9 Å². The Labute approximate surface area is 170 Å². The molecule has 2 N–H and O–H groups in total. The third kappa shape index (κ3) is 5.60. The summed E-state index contributed by atoms with van der Waals surface area (Å²) in [5, 5.41) is 13.3. The van der Waals surface area contributed by atoms with Crippen LogP contribution in [-0.4, -0.2) is 21.8 Å². The fraction of sp³-hybridized carbons (Fsp3) is 0.217. The molecule has 0 unspecified atom stereocenters. The topological polar surface area (TPSA) is 62.2 Å². The molecule has 0 saturated heterocycles. The second-order valence-electron chi connectivity index (χ2n) is 6.40. The van der Waals surface area contributed by atoms with Crippen LogP contribution in [0, 0.1) is 0 Å². The van der Waals surface area contributed by atoms with Gasteiger partial charge in [0.25, 0.3) is 0 Å². The summed E-state index contributed by atoms with van der Waals surface area (Å²) in [5.41, 5.74) is 5.32. The zero-order chi connectivity index (χ0) is 19.8. The first-order chi connectivity index (χ1) is 13.7. The number of pyridine rings is 1. The molecule has 1 heterocycles. The molecule has 0 radical (unpaired) electrons. The van der Waals surface area contributed by atoms with Gasteiger partial charge in [-0.3, -0.25) is 4.79 Å². The molecule has 0 aliphatic rings. The van der Waals surface area contributed by atoms with E-state index in [1.807, 2.05) is 42.5 Å². The number of carboxylic acid groups (broad SMARTS) is 1. The van der Waals surface area contributed by atoms with Crippen molar-refractivity contribution in [2.75, 3.05) is 11.1 Å². The first-order valence-electron chi connectivity index (χ1n) is 9.38. The summed E-state index contributed by atoms with van der Waals surface area (Å²) in [6, 6.07) is 22.4. The van der Waals surface area contributed by atoms with Gasteiger partial charge in [-0.1, -0.05) is 55.5 Å². The van der Waals surface area contributed by atoms with Crippen molar-refractivity contribution >= 4 is 23.4 Å². The number of nitrogens with zero attached hydrogens (tertiary/aromatic N) is 1. The maximum Gasteiger partial charge on any atom is 0.303 e. The smallest absolute Gasteiger partial charge is 0.303 e. The summed E-state index contributed by atoms with van der Waals surface area (Å²) in [5.74, 6) is 0.200. The Morgan fingerprint density at radius 1 is 1.04 bits per heavy atom. The maximum absolute atomic E-state index is 10.7. The van der Waals surface area contributed by atoms with E-state index in [1.165, 1.54) is 5.56 Å². The molecular weight excluding hydrogens is 368 g/mol. The number of anilines is 1. The van der Waals surface area contributed by atoms with Gasteiger partial charge in [0, 0.05) is 29.8 Å².